The number of carbonyl (C=O) groups is 1. The summed E-state index contributed by atoms with van der Waals surface area (Å²) in [7, 11) is 0. The maximum absolute atomic E-state index is 12.7. The molecule has 0 unspecified atom stereocenters. The summed E-state index contributed by atoms with van der Waals surface area (Å²) in [4.78, 5) is 18.8. The molecule has 2 aliphatic rings. The molecule has 1 fully saturated rings. The molecular formula is C22H32N4O. The van der Waals surface area contributed by atoms with E-state index in [1.165, 1.54) is 11.1 Å². The molecule has 3 rings (SSSR count). The van der Waals surface area contributed by atoms with E-state index >= 15 is 0 Å². The SMILES string of the molecule is Cc1ccc(CCC(=O)N2CCC(CN3CC=NC=N3)(C(C)C)CC2)cc1. The van der Waals surface area contributed by atoms with Gasteiger partial charge >= 0.3 is 0 Å². The summed E-state index contributed by atoms with van der Waals surface area (Å²) in [6, 6.07) is 8.49. The van der Waals surface area contributed by atoms with Gasteiger partial charge < -0.3 is 4.90 Å². The van der Waals surface area contributed by atoms with Gasteiger partial charge in [-0.25, -0.2) is 4.99 Å². The zero-order valence-corrected chi connectivity index (χ0v) is 16.9. The fraction of sp³-hybridized carbons (Fsp3) is 0.591. The number of hydrazone groups is 1. The number of benzene rings is 1. The largest absolute Gasteiger partial charge is 0.343 e. The van der Waals surface area contributed by atoms with Crippen LogP contribution >= 0.6 is 0 Å². The highest BCUT2D eigenvalue weighted by Crippen LogP contribution is 2.40. The van der Waals surface area contributed by atoms with Crippen LogP contribution in [0.5, 0.6) is 0 Å². The van der Waals surface area contributed by atoms with Crippen LogP contribution in [0.25, 0.3) is 0 Å². The van der Waals surface area contributed by atoms with Gasteiger partial charge in [0.1, 0.15) is 6.34 Å². The van der Waals surface area contributed by atoms with E-state index in [-0.39, 0.29) is 11.3 Å². The van der Waals surface area contributed by atoms with Gasteiger partial charge in [0.25, 0.3) is 0 Å². The highest BCUT2D eigenvalue weighted by molar-refractivity contribution is 5.76. The van der Waals surface area contributed by atoms with Gasteiger partial charge in [0, 0.05) is 32.3 Å². The fourth-order valence-electron chi connectivity index (χ4n) is 4.09. The molecule has 0 atom stereocenters. The zero-order valence-electron chi connectivity index (χ0n) is 16.9. The molecule has 1 aromatic carbocycles. The normalized spacial score (nSPS) is 19.0. The molecule has 0 saturated carbocycles. The van der Waals surface area contributed by atoms with Crippen molar-refractivity contribution in [2.24, 2.45) is 21.4 Å². The summed E-state index contributed by atoms with van der Waals surface area (Å²) in [6.45, 7) is 10.1. The van der Waals surface area contributed by atoms with Gasteiger partial charge in [0.05, 0.1) is 6.54 Å². The Morgan fingerprint density at radius 1 is 1.19 bits per heavy atom. The lowest BCUT2D eigenvalue weighted by atomic mass is 9.69. The Labute approximate surface area is 163 Å². The first-order valence-electron chi connectivity index (χ1n) is 10.1. The van der Waals surface area contributed by atoms with Crippen molar-refractivity contribution in [1.29, 1.82) is 0 Å². The van der Waals surface area contributed by atoms with Crippen molar-refractivity contribution < 1.29 is 4.79 Å². The second-order valence-corrected chi connectivity index (χ2v) is 8.29. The van der Waals surface area contributed by atoms with Gasteiger partial charge in [-0.05, 0) is 43.1 Å². The molecule has 27 heavy (non-hydrogen) atoms. The van der Waals surface area contributed by atoms with Crippen LogP contribution < -0.4 is 0 Å². The number of likely N-dealkylation sites (tertiary alicyclic amines) is 1. The van der Waals surface area contributed by atoms with Crippen molar-refractivity contribution in [1.82, 2.24) is 9.91 Å². The van der Waals surface area contributed by atoms with E-state index in [0.717, 1.165) is 45.4 Å². The molecule has 0 N–H and O–H groups in total. The van der Waals surface area contributed by atoms with Crippen molar-refractivity contribution in [2.75, 3.05) is 26.2 Å². The first-order valence-corrected chi connectivity index (χ1v) is 10.1. The Kier molecular flexibility index (Phi) is 6.30. The minimum Gasteiger partial charge on any atom is -0.343 e. The first-order chi connectivity index (χ1) is 13.0. The maximum atomic E-state index is 12.7. The minimum atomic E-state index is 0.219. The smallest absolute Gasteiger partial charge is 0.222 e. The van der Waals surface area contributed by atoms with Crippen LogP contribution in [0.2, 0.25) is 0 Å². The fourth-order valence-corrected chi connectivity index (χ4v) is 4.09. The molecule has 0 bridgehead atoms. The predicted octanol–water partition coefficient (Wildman–Crippen LogP) is 3.52. The van der Waals surface area contributed by atoms with Crippen molar-refractivity contribution in [3.8, 4) is 0 Å². The van der Waals surface area contributed by atoms with Crippen LogP contribution in [-0.2, 0) is 11.2 Å². The van der Waals surface area contributed by atoms with E-state index in [1.54, 1.807) is 6.34 Å². The molecule has 0 spiro atoms. The number of aryl methyl sites for hydroxylation is 2. The van der Waals surface area contributed by atoms with Crippen molar-refractivity contribution in [2.45, 2.75) is 46.5 Å². The van der Waals surface area contributed by atoms with Gasteiger partial charge in [-0.2, -0.15) is 5.10 Å². The van der Waals surface area contributed by atoms with Crippen LogP contribution in [0.3, 0.4) is 0 Å². The number of aliphatic imine (C=N–C) groups is 1. The molecule has 1 amide bonds. The topological polar surface area (TPSA) is 48.3 Å². The molecule has 146 valence electrons. The summed E-state index contributed by atoms with van der Waals surface area (Å²) < 4.78 is 0. The molecule has 0 aliphatic carbocycles. The van der Waals surface area contributed by atoms with Gasteiger partial charge in [-0.1, -0.05) is 43.7 Å². The lowest BCUT2D eigenvalue weighted by Crippen LogP contribution is -2.50. The summed E-state index contributed by atoms with van der Waals surface area (Å²) in [5, 5.41) is 6.52. The average Bonchev–Trinajstić information content (AvgIpc) is 2.68. The van der Waals surface area contributed by atoms with Crippen LogP contribution in [0.1, 0.15) is 44.2 Å². The molecular weight excluding hydrogens is 336 g/mol. The monoisotopic (exact) mass is 368 g/mol. The summed E-state index contributed by atoms with van der Waals surface area (Å²) in [5.41, 5.74) is 2.72. The zero-order chi connectivity index (χ0) is 19.3. The first kappa shape index (κ1) is 19.6. The van der Waals surface area contributed by atoms with Crippen molar-refractivity contribution in [3.05, 3.63) is 35.4 Å². The molecule has 0 radical (unpaired) electrons. The number of carbonyl (C=O) groups excluding carboxylic acids is 1. The van der Waals surface area contributed by atoms with E-state index < -0.39 is 0 Å². The van der Waals surface area contributed by atoms with E-state index in [9.17, 15) is 4.79 Å². The molecule has 5 heteroatoms. The van der Waals surface area contributed by atoms with Crippen molar-refractivity contribution in [3.63, 3.8) is 0 Å². The highest BCUT2D eigenvalue weighted by atomic mass is 16.2. The lowest BCUT2D eigenvalue weighted by Gasteiger charge is -2.46. The third kappa shape index (κ3) is 4.96. The lowest BCUT2D eigenvalue weighted by molar-refractivity contribution is -0.134. The molecule has 2 heterocycles. The van der Waals surface area contributed by atoms with Gasteiger partial charge in [0.2, 0.25) is 5.91 Å². The van der Waals surface area contributed by atoms with E-state index in [0.29, 0.717) is 12.3 Å². The molecule has 2 aliphatic heterocycles. The van der Waals surface area contributed by atoms with Gasteiger partial charge in [-0.3, -0.25) is 9.80 Å². The number of amides is 1. The molecule has 0 aromatic heterocycles. The second-order valence-electron chi connectivity index (χ2n) is 8.29. The number of piperidine rings is 1. The second kappa shape index (κ2) is 8.68. The van der Waals surface area contributed by atoms with E-state index in [2.05, 4.69) is 65.0 Å². The maximum Gasteiger partial charge on any atom is 0.222 e. The van der Waals surface area contributed by atoms with E-state index in [1.807, 2.05) is 6.21 Å². The van der Waals surface area contributed by atoms with Crippen LogP contribution in [0.15, 0.2) is 34.4 Å². The van der Waals surface area contributed by atoms with Crippen LogP contribution in [0.4, 0.5) is 0 Å². The van der Waals surface area contributed by atoms with Gasteiger partial charge in [0.15, 0.2) is 0 Å². The van der Waals surface area contributed by atoms with Gasteiger partial charge in [-0.15, -0.1) is 0 Å². The molecule has 1 saturated heterocycles. The Morgan fingerprint density at radius 2 is 1.89 bits per heavy atom. The van der Waals surface area contributed by atoms with Crippen LogP contribution in [-0.4, -0.2) is 54.5 Å². The average molecular weight is 369 g/mol. The summed E-state index contributed by atoms with van der Waals surface area (Å²) in [6.07, 6.45) is 7.05. The minimum absolute atomic E-state index is 0.219. The number of hydrogen-bond donors (Lipinski definition) is 0. The molecule has 1 aromatic rings. The number of nitrogens with zero attached hydrogens (tertiary/aromatic N) is 4. The standard InChI is InChI=1S/C22H32N4O/c1-18(2)22(16-26-15-12-23-17-24-26)10-13-25(14-11-22)21(27)9-8-20-6-4-19(3)5-7-20/h4-7,12,17-18H,8-11,13-16H2,1-3H3. The Bertz CT molecular complexity index is 685. The summed E-state index contributed by atoms with van der Waals surface area (Å²) in [5.74, 6) is 0.854. The third-order valence-corrected chi connectivity index (χ3v) is 6.26. The number of hydrogen-bond acceptors (Lipinski definition) is 4. The highest BCUT2D eigenvalue weighted by Gasteiger charge is 2.39. The Morgan fingerprint density at radius 3 is 2.48 bits per heavy atom. The van der Waals surface area contributed by atoms with Crippen LogP contribution in [0, 0.1) is 18.3 Å². The predicted molar refractivity (Wildman–Crippen MR) is 111 cm³/mol. The Hall–Kier alpha value is -2.17. The quantitative estimate of drug-likeness (QED) is 0.771. The third-order valence-electron chi connectivity index (χ3n) is 6.26. The number of rotatable bonds is 6. The Balaban J connectivity index is 1.52. The van der Waals surface area contributed by atoms with Crippen molar-refractivity contribution >= 4 is 18.5 Å². The molecule has 5 nitrogen and oxygen atoms in total. The van der Waals surface area contributed by atoms with E-state index in [4.69, 9.17) is 0 Å². The summed E-state index contributed by atoms with van der Waals surface area (Å²) >= 11 is 0.